The van der Waals surface area contributed by atoms with Gasteiger partial charge < -0.3 is 24.2 Å². The predicted octanol–water partition coefficient (Wildman–Crippen LogP) is 3.86. The van der Waals surface area contributed by atoms with Crippen molar-refractivity contribution in [1.82, 2.24) is 20.0 Å². The zero-order valence-electron chi connectivity index (χ0n) is 21.5. The smallest absolute Gasteiger partial charge is 0.242 e. The monoisotopic (exact) mass is 535 g/mol. The van der Waals surface area contributed by atoms with Crippen molar-refractivity contribution in [3.8, 4) is 22.8 Å². The van der Waals surface area contributed by atoms with Crippen molar-refractivity contribution in [2.75, 3.05) is 44.4 Å². The standard InChI is InChI=1S/C28H30ClN5O4/c1-19(2)28(36)34(16-20-7-9-24-25(15-20)38-18-37-24)17-27(35)33-13-11-32(12-14-33)26-10-8-23(30-31-26)21-5-3-4-6-22(21)29/h3-10,15,19H,11-14,16-18H2,1-2H3. The van der Waals surface area contributed by atoms with Crippen LogP contribution in [0.4, 0.5) is 5.82 Å². The van der Waals surface area contributed by atoms with Gasteiger partial charge in [0.2, 0.25) is 18.6 Å². The molecular weight excluding hydrogens is 506 g/mol. The summed E-state index contributed by atoms with van der Waals surface area (Å²) in [5.74, 6) is 1.74. The number of piperazine rings is 1. The van der Waals surface area contributed by atoms with Gasteiger partial charge in [0.15, 0.2) is 17.3 Å². The van der Waals surface area contributed by atoms with Gasteiger partial charge in [0, 0.05) is 44.2 Å². The van der Waals surface area contributed by atoms with Crippen LogP contribution in [0, 0.1) is 5.92 Å². The van der Waals surface area contributed by atoms with Gasteiger partial charge >= 0.3 is 0 Å². The van der Waals surface area contributed by atoms with Gasteiger partial charge in [-0.1, -0.05) is 49.7 Å². The molecule has 1 aromatic heterocycles. The Morgan fingerprint density at radius 3 is 2.45 bits per heavy atom. The van der Waals surface area contributed by atoms with Gasteiger partial charge in [-0.3, -0.25) is 9.59 Å². The van der Waals surface area contributed by atoms with Crippen LogP contribution < -0.4 is 14.4 Å². The predicted molar refractivity (Wildman–Crippen MR) is 144 cm³/mol. The Kier molecular flexibility index (Phi) is 7.64. The molecular formula is C28H30ClN5O4. The van der Waals surface area contributed by atoms with Gasteiger partial charge in [-0.2, -0.15) is 0 Å². The molecule has 2 aliphatic heterocycles. The van der Waals surface area contributed by atoms with Crippen LogP contribution in [-0.4, -0.2) is 71.3 Å². The van der Waals surface area contributed by atoms with Gasteiger partial charge in [0.25, 0.3) is 0 Å². The number of carbonyl (C=O) groups excluding carboxylic acids is 2. The maximum absolute atomic E-state index is 13.2. The lowest BCUT2D eigenvalue weighted by molar-refractivity contribution is -0.143. The van der Waals surface area contributed by atoms with Gasteiger partial charge in [-0.05, 0) is 35.9 Å². The summed E-state index contributed by atoms with van der Waals surface area (Å²) in [5.41, 5.74) is 2.44. The molecule has 0 saturated carbocycles. The second-order valence-corrected chi connectivity index (χ2v) is 10.1. The summed E-state index contributed by atoms with van der Waals surface area (Å²) in [7, 11) is 0. The van der Waals surface area contributed by atoms with Crippen LogP contribution in [0.1, 0.15) is 19.4 Å². The molecule has 2 aromatic carbocycles. The van der Waals surface area contributed by atoms with Crippen LogP contribution in [-0.2, 0) is 16.1 Å². The molecule has 3 heterocycles. The molecule has 0 N–H and O–H groups in total. The average Bonchev–Trinajstić information content (AvgIpc) is 3.41. The highest BCUT2D eigenvalue weighted by atomic mass is 35.5. The quantitative estimate of drug-likeness (QED) is 0.454. The summed E-state index contributed by atoms with van der Waals surface area (Å²) in [4.78, 5) is 31.7. The van der Waals surface area contributed by atoms with Crippen LogP contribution in [0.15, 0.2) is 54.6 Å². The van der Waals surface area contributed by atoms with E-state index in [1.807, 2.05) is 73.3 Å². The summed E-state index contributed by atoms with van der Waals surface area (Å²) in [6, 6.07) is 17.0. The molecule has 198 valence electrons. The summed E-state index contributed by atoms with van der Waals surface area (Å²) < 4.78 is 10.8. The number of nitrogens with zero attached hydrogens (tertiary/aromatic N) is 5. The number of anilines is 1. The highest BCUT2D eigenvalue weighted by Gasteiger charge is 2.27. The Morgan fingerprint density at radius 1 is 0.974 bits per heavy atom. The first-order chi connectivity index (χ1) is 18.4. The molecule has 9 nitrogen and oxygen atoms in total. The molecule has 38 heavy (non-hydrogen) atoms. The molecule has 0 radical (unpaired) electrons. The summed E-state index contributed by atoms with van der Waals surface area (Å²) in [6.07, 6.45) is 0. The minimum atomic E-state index is -0.221. The first-order valence-corrected chi connectivity index (χ1v) is 13.1. The van der Waals surface area contributed by atoms with Crippen LogP contribution >= 0.6 is 11.6 Å². The molecule has 10 heteroatoms. The van der Waals surface area contributed by atoms with Crippen LogP contribution in [0.2, 0.25) is 5.02 Å². The molecule has 0 spiro atoms. The summed E-state index contributed by atoms with van der Waals surface area (Å²) >= 11 is 6.28. The Hall–Kier alpha value is -3.85. The second kappa shape index (κ2) is 11.3. The summed E-state index contributed by atoms with van der Waals surface area (Å²) in [6.45, 7) is 6.57. The van der Waals surface area contributed by atoms with Crippen molar-refractivity contribution in [2.24, 2.45) is 5.92 Å². The Bertz CT molecular complexity index is 1310. The molecule has 0 atom stereocenters. The van der Waals surface area contributed by atoms with E-state index in [1.165, 1.54) is 0 Å². The topological polar surface area (TPSA) is 88.1 Å². The van der Waals surface area contributed by atoms with E-state index in [2.05, 4.69) is 15.1 Å². The number of benzene rings is 2. The Balaban J connectivity index is 1.19. The number of ether oxygens (including phenoxy) is 2. The van der Waals surface area contributed by atoms with E-state index >= 15 is 0 Å². The SMILES string of the molecule is CC(C)C(=O)N(CC(=O)N1CCN(c2ccc(-c3ccccc3Cl)nn2)CC1)Cc1ccc2c(c1)OCO2. The number of carbonyl (C=O) groups is 2. The minimum Gasteiger partial charge on any atom is -0.454 e. The van der Waals surface area contributed by atoms with E-state index in [9.17, 15) is 9.59 Å². The number of halogens is 1. The lowest BCUT2D eigenvalue weighted by Gasteiger charge is -2.36. The third-order valence-corrected chi connectivity index (χ3v) is 7.03. The van der Waals surface area contributed by atoms with Crippen molar-refractivity contribution in [3.63, 3.8) is 0 Å². The first kappa shape index (κ1) is 25.8. The number of hydrogen-bond acceptors (Lipinski definition) is 7. The molecule has 3 aromatic rings. The van der Waals surface area contributed by atoms with Crippen molar-refractivity contribution in [1.29, 1.82) is 0 Å². The Morgan fingerprint density at radius 2 is 1.74 bits per heavy atom. The fraction of sp³-hybridized carbons (Fsp3) is 0.357. The molecule has 0 aliphatic carbocycles. The molecule has 5 rings (SSSR count). The van der Waals surface area contributed by atoms with E-state index in [-0.39, 0.29) is 31.1 Å². The van der Waals surface area contributed by atoms with Crippen LogP contribution in [0.25, 0.3) is 11.3 Å². The maximum Gasteiger partial charge on any atom is 0.242 e. The van der Waals surface area contributed by atoms with Crippen molar-refractivity contribution < 1.29 is 19.1 Å². The number of aromatic nitrogens is 2. The van der Waals surface area contributed by atoms with Crippen molar-refractivity contribution in [3.05, 3.63) is 65.2 Å². The lowest BCUT2D eigenvalue weighted by atomic mass is 10.1. The van der Waals surface area contributed by atoms with Crippen LogP contribution in [0.5, 0.6) is 11.5 Å². The average molecular weight is 536 g/mol. The highest BCUT2D eigenvalue weighted by molar-refractivity contribution is 6.33. The van der Waals surface area contributed by atoms with E-state index in [0.717, 1.165) is 16.9 Å². The fourth-order valence-electron chi connectivity index (χ4n) is 4.59. The van der Waals surface area contributed by atoms with Gasteiger partial charge in [0.1, 0.15) is 6.54 Å². The van der Waals surface area contributed by atoms with Crippen molar-refractivity contribution >= 4 is 29.2 Å². The molecule has 0 bridgehead atoms. The zero-order valence-corrected chi connectivity index (χ0v) is 22.2. The van der Waals surface area contributed by atoms with E-state index in [4.69, 9.17) is 21.1 Å². The van der Waals surface area contributed by atoms with E-state index < -0.39 is 0 Å². The number of rotatable bonds is 7. The molecule has 1 saturated heterocycles. The summed E-state index contributed by atoms with van der Waals surface area (Å²) in [5, 5.41) is 9.38. The molecule has 2 amide bonds. The van der Waals surface area contributed by atoms with Crippen molar-refractivity contribution in [2.45, 2.75) is 20.4 Å². The highest BCUT2D eigenvalue weighted by Crippen LogP contribution is 2.33. The first-order valence-electron chi connectivity index (χ1n) is 12.7. The maximum atomic E-state index is 13.2. The van der Waals surface area contributed by atoms with Gasteiger partial charge in [0.05, 0.1) is 10.7 Å². The Labute approximate surface area is 226 Å². The second-order valence-electron chi connectivity index (χ2n) is 9.66. The molecule has 2 aliphatic rings. The van der Waals surface area contributed by atoms with E-state index in [1.54, 1.807) is 4.90 Å². The fourth-order valence-corrected chi connectivity index (χ4v) is 4.82. The lowest BCUT2D eigenvalue weighted by Crippen LogP contribution is -2.52. The molecule has 0 unspecified atom stereocenters. The van der Waals surface area contributed by atoms with E-state index in [0.29, 0.717) is 54.9 Å². The number of hydrogen-bond donors (Lipinski definition) is 0. The van der Waals surface area contributed by atoms with Crippen LogP contribution in [0.3, 0.4) is 0 Å². The van der Waals surface area contributed by atoms with Gasteiger partial charge in [-0.25, -0.2) is 0 Å². The normalized spacial score (nSPS) is 14.6. The van der Waals surface area contributed by atoms with Gasteiger partial charge in [-0.15, -0.1) is 10.2 Å². The zero-order chi connectivity index (χ0) is 26.6. The number of amides is 2. The third-order valence-electron chi connectivity index (χ3n) is 6.70. The number of fused-ring (bicyclic) bond motifs is 1. The molecule has 1 fully saturated rings. The minimum absolute atomic E-state index is 0.0256. The third kappa shape index (κ3) is 5.67. The largest absolute Gasteiger partial charge is 0.454 e.